The van der Waals surface area contributed by atoms with E-state index in [1.165, 1.54) is 34.9 Å². The Morgan fingerprint density at radius 3 is 2.93 bits per heavy atom. The third-order valence-corrected chi connectivity index (χ3v) is 3.32. The quantitative estimate of drug-likeness (QED) is 0.837. The molecule has 1 nitrogen and oxygen atoms in total. The van der Waals surface area contributed by atoms with Crippen LogP contribution in [0.3, 0.4) is 0 Å². The summed E-state index contributed by atoms with van der Waals surface area (Å²) < 4.78 is 1.18. The van der Waals surface area contributed by atoms with Crippen molar-refractivity contribution in [1.82, 2.24) is 0 Å². The summed E-state index contributed by atoms with van der Waals surface area (Å²) in [5.41, 5.74) is 8.70. The van der Waals surface area contributed by atoms with Crippen LogP contribution in [0.1, 0.15) is 29.9 Å². The van der Waals surface area contributed by atoms with Gasteiger partial charge in [-0.15, -0.1) is 12.4 Å². The lowest BCUT2D eigenvalue weighted by molar-refractivity contribution is 0.560. The number of hydrogen-bond acceptors (Lipinski definition) is 1. The summed E-state index contributed by atoms with van der Waals surface area (Å²) in [6.45, 7) is 0.786. The highest BCUT2D eigenvalue weighted by Crippen LogP contribution is 2.32. The van der Waals surface area contributed by atoms with Crippen LogP contribution >= 0.6 is 28.3 Å². The molecule has 1 aliphatic carbocycles. The standard InChI is InChI=1S/C11H14BrN.ClH/c12-10-4-5-11-8(6-10)2-1-3-9(11)7-13;/h4-6,9H,1-3,7,13H2;1H/t9-;/m1./s1. The Morgan fingerprint density at radius 2 is 2.21 bits per heavy atom. The van der Waals surface area contributed by atoms with Gasteiger partial charge in [0.05, 0.1) is 0 Å². The summed E-state index contributed by atoms with van der Waals surface area (Å²) in [5, 5.41) is 0. The minimum Gasteiger partial charge on any atom is -0.330 e. The van der Waals surface area contributed by atoms with E-state index in [0.29, 0.717) is 5.92 Å². The second kappa shape index (κ2) is 5.15. The molecule has 0 amide bonds. The van der Waals surface area contributed by atoms with E-state index in [9.17, 15) is 0 Å². The smallest absolute Gasteiger partial charge is 0.0178 e. The first kappa shape index (κ1) is 12.0. The van der Waals surface area contributed by atoms with Crippen LogP contribution in [-0.4, -0.2) is 6.54 Å². The molecule has 1 aromatic rings. The average molecular weight is 277 g/mol. The maximum absolute atomic E-state index is 5.74. The monoisotopic (exact) mass is 275 g/mol. The van der Waals surface area contributed by atoms with Gasteiger partial charge in [0.15, 0.2) is 0 Å². The molecule has 78 valence electrons. The van der Waals surface area contributed by atoms with Gasteiger partial charge in [0, 0.05) is 4.47 Å². The topological polar surface area (TPSA) is 26.0 Å². The molecule has 0 bridgehead atoms. The van der Waals surface area contributed by atoms with Gasteiger partial charge in [-0.2, -0.15) is 0 Å². The first-order chi connectivity index (χ1) is 6.31. The van der Waals surface area contributed by atoms with Crippen LogP contribution in [0.15, 0.2) is 22.7 Å². The molecule has 2 N–H and O–H groups in total. The van der Waals surface area contributed by atoms with E-state index < -0.39 is 0 Å². The number of nitrogens with two attached hydrogens (primary N) is 1. The van der Waals surface area contributed by atoms with Crippen molar-refractivity contribution >= 4 is 28.3 Å². The molecule has 0 radical (unpaired) electrons. The maximum atomic E-state index is 5.74. The van der Waals surface area contributed by atoms with Gasteiger partial charge >= 0.3 is 0 Å². The van der Waals surface area contributed by atoms with Gasteiger partial charge in [0.2, 0.25) is 0 Å². The van der Waals surface area contributed by atoms with E-state index in [4.69, 9.17) is 5.73 Å². The van der Waals surface area contributed by atoms with Gasteiger partial charge in [0.1, 0.15) is 0 Å². The van der Waals surface area contributed by atoms with Gasteiger partial charge in [-0.05, 0) is 55.0 Å². The zero-order valence-electron chi connectivity index (χ0n) is 8.00. The minimum absolute atomic E-state index is 0. The molecule has 3 heteroatoms. The molecular weight excluding hydrogens is 261 g/mol. The first-order valence-corrected chi connectivity index (χ1v) is 5.59. The minimum atomic E-state index is 0. The Labute approximate surface area is 99.6 Å². The number of benzene rings is 1. The third kappa shape index (κ3) is 2.30. The predicted molar refractivity (Wildman–Crippen MR) is 66.1 cm³/mol. The molecule has 2 rings (SSSR count). The van der Waals surface area contributed by atoms with Gasteiger partial charge in [-0.25, -0.2) is 0 Å². The lowest BCUT2D eigenvalue weighted by Gasteiger charge is -2.24. The maximum Gasteiger partial charge on any atom is 0.0178 e. The van der Waals surface area contributed by atoms with Crippen molar-refractivity contribution in [2.45, 2.75) is 25.2 Å². The van der Waals surface area contributed by atoms with E-state index in [1.807, 2.05) is 0 Å². The average Bonchev–Trinajstić information content (AvgIpc) is 2.16. The van der Waals surface area contributed by atoms with Crippen molar-refractivity contribution in [2.24, 2.45) is 5.73 Å². The molecule has 0 heterocycles. The van der Waals surface area contributed by atoms with Crippen LogP contribution < -0.4 is 5.73 Å². The molecule has 1 aromatic carbocycles. The molecule has 0 saturated heterocycles. The fraction of sp³-hybridized carbons (Fsp3) is 0.455. The lowest BCUT2D eigenvalue weighted by Crippen LogP contribution is -2.18. The second-order valence-corrected chi connectivity index (χ2v) is 4.58. The van der Waals surface area contributed by atoms with E-state index in [-0.39, 0.29) is 12.4 Å². The molecule has 0 spiro atoms. The van der Waals surface area contributed by atoms with E-state index in [1.54, 1.807) is 0 Å². The van der Waals surface area contributed by atoms with Gasteiger partial charge < -0.3 is 5.73 Å². The number of fused-ring (bicyclic) bond motifs is 1. The normalized spacial score (nSPS) is 19.7. The van der Waals surface area contributed by atoms with E-state index >= 15 is 0 Å². The molecule has 0 unspecified atom stereocenters. The third-order valence-electron chi connectivity index (χ3n) is 2.83. The van der Waals surface area contributed by atoms with E-state index in [2.05, 4.69) is 34.1 Å². The van der Waals surface area contributed by atoms with Crippen molar-refractivity contribution in [3.05, 3.63) is 33.8 Å². The van der Waals surface area contributed by atoms with Crippen LogP contribution in [0, 0.1) is 0 Å². The van der Waals surface area contributed by atoms with E-state index in [0.717, 1.165) is 6.54 Å². The zero-order chi connectivity index (χ0) is 9.26. The summed E-state index contributed by atoms with van der Waals surface area (Å²) >= 11 is 3.50. The van der Waals surface area contributed by atoms with Crippen LogP contribution in [0.4, 0.5) is 0 Å². The van der Waals surface area contributed by atoms with Gasteiger partial charge in [-0.3, -0.25) is 0 Å². The Morgan fingerprint density at radius 1 is 1.43 bits per heavy atom. The fourth-order valence-corrected chi connectivity index (χ4v) is 2.54. The van der Waals surface area contributed by atoms with Gasteiger partial charge in [-0.1, -0.05) is 22.0 Å². The molecule has 0 aromatic heterocycles. The summed E-state index contributed by atoms with van der Waals surface area (Å²) in [6.07, 6.45) is 3.75. The number of halogens is 2. The largest absolute Gasteiger partial charge is 0.330 e. The van der Waals surface area contributed by atoms with Crippen LogP contribution in [0.5, 0.6) is 0 Å². The van der Waals surface area contributed by atoms with Crippen LogP contribution in [0.2, 0.25) is 0 Å². The second-order valence-electron chi connectivity index (χ2n) is 3.67. The molecule has 0 aliphatic heterocycles. The molecule has 1 aliphatic rings. The Kier molecular flexibility index (Phi) is 4.42. The molecule has 1 atom stereocenters. The molecule has 14 heavy (non-hydrogen) atoms. The summed E-state index contributed by atoms with van der Waals surface area (Å²) in [5.74, 6) is 0.594. The van der Waals surface area contributed by atoms with Crippen LogP contribution in [-0.2, 0) is 6.42 Å². The Bertz CT molecular complexity index is 314. The lowest BCUT2D eigenvalue weighted by atomic mass is 9.83. The van der Waals surface area contributed by atoms with Crippen molar-refractivity contribution < 1.29 is 0 Å². The highest BCUT2D eigenvalue weighted by molar-refractivity contribution is 9.10. The predicted octanol–water partition coefficient (Wildman–Crippen LogP) is 3.25. The van der Waals surface area contributed by atoms with Gasteiger partial charge in [0.25, 0.3) is 0 Å². The highest BCUT2D eigenvalue weighted by Gasteiger charge is 2.18. The number of rotatable bonds is 1. The zero-order valence-corrected chi connectivity index (χ0v) is 10.4. The summed E-state index contributed by atoms with van der Waals surface area (Å²) in [6, 6.07) is 6.57. The van der Waals surface area contributed by atoms with Crippen molar-refractivity contribution in [2.75, 3.05) is 6.54 Å². The van der Waals surface area contributed by atoms with Crippen molar-refractivity contribution in [3.8, 4) is 0 Å². The number of hydrogen-bond donors (Lipinski definition) is 1. The molecular formula is C11H15BrClN. The summed E-state index contributed by atoms with van der Waals surface area (Å²) in [7, 11) is 0. The highest BCUT2D eigenvalue weighted by atomic mass is 79.9. The SMILES string of the molecule is Cl.NC[C@H]1CCCc2cc(Br)ccc21. The molecule has 0 fully saturated rings. The summed E-state index contributed by atoms with van der Waals surface area (Å²) in [4.78, 5) is 0. The fourth-order valence-electron chi connectivity index (χ4n) is 2.13. The van der Waals surface area contributed by atoms with Crippen LogP contribution in [0.25, 0.3) is 0 Å². The first-order valence-electron chi connectivity index (χ1n) is 4.79. The number of aryl methyl sites for hydroxylation is 1. The van der Waals surface area contributed by atoms with Crippen molar-refractivity contribution in [3.63, 3.8) is 0 Å². The molecule has 0 saturated carbocycles. The Hall–Kier alpha value is -0.0500. The van der Waals surface area contributed by atoms with Crippen molar-refractivity contribution in [1.29, 1.82) is 0 Å². The Balaban J connectivity index is 0.000000980.